The van der Waals surface area contributed by atoms with E-state index in [1.54, 1.807) is 17.0 Å². The van der Waals surface area contributed by atoms with Crippen molar-refractivity contribution in [2.45, 2.75) is 25.6 Å². The highest BCUT2D eigenvalue weighted by molar-refractivity contribution is 6.31. The quantitative estimate of drug-likeness (QED) is 0.409. The van der Waals surface area contributed by atoms with Gasteiger partial charge in [0.25, 0.3) is 0 Å². The van der Waals surface area contributed by atoms with Gasteiger partial charge in [-0.15, -0.1) is 0 Å². The highest BCUT2D eigenvalue weighted by atomic mass is 35.5. The van der Waals surface area contributed by atoms with Crippen molar-refractivity contribution in [3.05, 3.63) is 59.0 Å². The monoisotopic (exact) mass is 550 g/mol. The van der Waals surface area contributed by atoms with E-state index < -0.39 is 17.6 Å². The summed E-state index contributed by atoms with van der Waals surface area (Å²) in [6, 6.07) is 8.57. The van der Waals surface area contributed by atoms with Crippen molar-refractivity contribution in [2.24, 2.45) is 0 Å². The number of nitrogens with zero attached hydrogens (tertiary/aromatic N) is 6. The number of ether oxygens (including phenoxy) is 1. The standard InChI is InChI=1S/C26H27ClF4N6O/c1-25(2)16-37(12-13-38-25)24-33-21(17-5-6-20(28)19(27)14-17)15-22(34-24)35-8-10-36(11-9-35)23-18(26(29,30)31)4-3-7-32-23/h3-7,14-15H,8-13,16H2,1-2H3. The third kappa shape index (κ3) is 5.63. The molecule has 0 saturated carbocycles. The van der Waals surface area contributed by atoms with Gasteiger partial charge in [0, 0.05) is 57.1 Å². The molecule has 2 fully saturated rings. The number of pyridine rings is 1. The maximum absolute atomic E-state index is 13.8. The third-order valence-corrected chi connectivity index (χ3v) is 6.91. The molecule has 0 bridgehead atoms. The van der Waals surface area contributed by atoms with Crippen molar-refractivity contribution in [1.82, 2.24) is 15.0 Å². The Kier molecular flexibility index (Phi) is 7.08. The Morgan fingerprint density at radius 1 is 0.947 bits per heavy atom. The molecule has 0 N–H and O–H groups in total. The van der Waals surface area contributed by atoms with Crippen molar-refractivity contribution in [3.8, 4) is 11.3 Å². The first kappa shape index (κ1) is 26.4. The van der Waals surface area contributed by atoms with Gasteiger partial charge >= 0.3 is 6.18 Å². The minimum atomic E-state index is -4.49. The van der Waals surface area contributed by atoms with Crippen LogP contribution in [-0.4, -0.2) is 66.4 Å². The molecule has 0 aliphatic carbocycles. The summed E-state index contributed by atoms with van der Waals surface area (Å²) in [5, 5.41) is -0.0128. The van der Waals surface area contributed by atoms with E-state index in [0.29, 0.717) is 68.9 Å². The summed E-state index contributed by atoms with van der Waals surface area (Å²) >= 11 is 6.05. The van der Waals surface area contributed by atoms with Crippen molar-refractivity contribution in [3.63, 3.8) is 0 Å². The third-order valence-electron chi connectivity index (χ3n) is 6.62. The second-order valence-electron chi connectivity index (χ2n) is 9.92. The molecule has 0 spiro atoms. The first-order valence-electron chi connectivity index (χ1n) is 12.3. The van der Waals surface area contributed by atoms with Crippen molar-refractivity contribution in [1.29, 1.82) is 0 Å². The number of benzene rings is 1. The zero-order chi connectivity index (χ0) is 27.1. The van der Waals surface area contributed by atoms with Crippen LogP contribution >= 0.6 is 11.6 Å². The lowest BCUT2D eigenvalue weighted by Gasteiger charge is -2.39. The fraction of sp³-hybridized carbons (Fsp3) is 0.423. The number of rotatable bonds is 4. The summed E-state index contributed by atoms with van der Waals surface area (Å²) in [5.41, 5.74) is 0.0724. The predicted molar refractivity (Wildman–Crippen MR) is 138 cm³/mol. The van der Waals surface area contributed by atoms with Gasteiger partial charge in [-0.3, -0.25) is 0 Å². The second-order valence-corrected chi connectivity index (χ2v) is 10.3. The van der Waals surface area contributed by atoms with E-state index in [9.17, 15) is 17.6 Å². The Morgan fingerprint density at radius 2 is 1.68 bits per heavy atom. The lowest BCUT2D eigenvalue weighted by Crippen LogP contribution is -2.49. The fourth-order valence-electron chi connectivity index (χ4n) is 4.73. The van der Waals surface area contributed by atoms with Crippen LogP contribution in [0.3, 0.4) is 0 Å². The Hall–Kier alpha value is -3.18. The number of piperazine rings is 1. The van der Waals surface area contributed by atoms with Gasteiger partial charge in [0.05, 0.1) is 28.5 Å². The molecule has 0 atom stereocenters. The van der Waals surface area contributed by atoms with Crippen LogP contribution in [-0.2, 0) is 10.9 Å². The van der Waals surface area contributed by atoms with E-state index in [1.165, 1.54) is 24.4 Å². The zero-order valence-electron chi connectivity index (χ0n) is 21.0. The van der Waals surface area contributed by atoms with Crippen molar-refractivity contribution < 1.29 is 22.3 Å². The van der Waals surface area contributed by atoms with Gasteiger partial charge in [0.15, 0.2) is 0 Å². The smallest absolute Gasteiger partial charge is 0.372 e. The van der Waals surface area contributed by atoms with E-state index in [-0.39, 0.29) is 16.4 Å². The molecule has 3 aromatic rings. The van der Waals surface area contributed by atoms with Gasteiger partial charge in [-0.2, -0.15) is 18.2 Å². The van der Waals surface area contributed by atoms with Crippen LogP contribution in [0.5, 0.6) is 0 Å². The van der Waals surface area contributed by atoms with Gasteiger partial charge < -0.3 is 19.4 Å². The van der Waals surface area contributed by atoms with E-state index in [1.807, 2.05) is 23.6 Å². The van der Waals surface area contributed by atoms with Gasteiger partial charge in [0.2, 0.25) is 5.95 Å². The highest BCUT2D eigenvalue weighted by Crippen LogP contribution is 2.36. The van der Waals surface area contributed by atoms with Crippen LogP contribution in [0, 0.1) is 5.82 Å². The van der Waals surface area contributed by atoms with Gasteiger partial charge in [-0.25, -0.2) is 14.4 Å². The summed E-state index contributed by atoms with van der Waals surface area (Å²) in [6.45, 7) is 7.22. The van der Waals surface area contributed by atoms with Gasteiger partial charge in [-0.05, 0) is 44.2 Å². The maximum atomic E-state index is 13.8. The summed E-state index contributed by atoms with van der Waals surface area (Å²) < 4.78 is 60.3. The minimum Gasteiger partial charge on any atom is -0.372 e. The largest absolute Gasteiger partial charge is 0.419 e. The maximum Gasteiger partial charge on any atom is 0.419 e. The molecule has 0 radical (unpaired) electrons. The van der Waals surface area contributed by atoms with E-state index in [2.05, 4.69) is 4.98 Å². The van der Waals surface area contributed by atoms with Crippen molar-refractivity contribution >= 4 is 29.2 Å². The van der Waals surface area contributed by atoms with Crippen LogP contribution in [0.2, 0.25) is 5.02 Å². The van der Waals surface area contributed by atoms with Crippen molar-refractivity contribution in [2.75, 3.05) is 60.6 Å². The number of hydrogen-bond donors (Lipinski definition) is 0. The molecule has 5 rings (SSSR count). The van der Waals surface area contributed by atoms with Crippen LogP contribution in [0.15, 0.2) is 42.6 Å². The fourth-order valence-corrected chi connectivity index (χ4v) is 4.91. The molecule has 4 heterocycles. The van der Waals surface area contributed by atoms with Gasteiger partial charge in [-0.1, -0.05) is 11.6 Å². The number of anilines is 3. The number of morpholine rings is 1. The molecule has 2 aromatic heterocycles. The SMILES string of the molecule is CC1(C)CN(c2nc(-c3ccc(F)c(Cl)c3)cc(N3CCN(c4ncccc4C(F)(F)F)CC3)n2)CCO1. The first-order valence-corrected chi connectivity index (χ1v) is 12.6. The molecule has 2 saturated heterocycles. The average Bonchev–Trinajstić information content (AvgIpc) is 2.89. The van der Waals surface area contributed by atoms with E-state index in [4.69, 9.17) is 26.3 Å². The van der Waals surface area contributed by atoms with Crippen LogP contribution in [0.4, 0.5) is 35.1 Å². The van der Waals surface area contributed by atoms with Crippen LogP contribution in [0.25, 0.3) is 11.3 Å². The highest BCUT2D eigenvalue weighted by Gasteiger charge is 2.36. The molecule has 1 aromatic carbocycles. The molecule has 202 valence electrons. The second kappa shape index (κ2) is 10.2. The minimum absolute atomic E-state index is 0.0128. The Balaban J connectivity index is 1.45. The Morgan fingerprint density at radius 3 is 2.37 bits per heavy atom. The molecule has 2 aliphatic rings. The molecule has 2 aliphatic heterocycles. The van der Waals surface area contributed by atoms with Crippen LogP contribution < -0.4 is 14.7 Å². The molecule has 7 nitrogen and oxygen atoms in total. The number of hydrogen-bond acceptors (Lipinski definition) is 7. The number of halogens is 5. The number of aromatic nitrogens is 3. The average molecular weight is 551 g/mol. The summed E-state index contributed by atoms with van der Waals surface area (Å²) in [5.74, 6) is 0.538. The predicted octanol–water partition coefficient (Wildman–Crippen LogP) is 5.29. The molecular formula is C26H27ClF4N6O. The molecule has 0 unspecified atom stereocenters. The van der Waals surface area contributed by atoms with Gasteiger partial charge in [0.1, 0.15) is 17.5 Å². The lowest BCUT2D eigenvalue weighted by atomic mass is 10.1. The topological polar surface area (TPSA) is 57.6 Å². The first-order chi connectivity index (χ1) is 18.0. The Labute approximate surface area is 223 Å². The number of alkyl halides is 3. The zero-order valence-corrected chi connectivity index (χ0v) is 21.7. The molecule has 0 amide bonds. The van der Waals surface area contributed by atoms with E-state index >= 15 is 0 Å². The molecular weight excluding hydrogens is 524 g/mol. The normalized spacial score (nSPS) is 18.1. The lowest BCUT2D eigenvalue weighted by molar-refractivity contribution is -0.137. The van der Waals surface area contributed by atoms with Crippen LogP contribution in [0.1, 0.15) is 19.4 Å². The summed E-state index contributed by atoms with van der Waals surface area (Å²) in [7, 11) is 0. The summed E-state index contributed by atoms with van der Waals surface area (Å²) in [6.07, 6.45) is -3.11. The molecule has 12 heteroatoms. The summed E-state index contributed by atoms with van der Waals surface area (Å²) in [4.78, 5) is 19.3. The Bertz CT molecular complexity index is 1310. The molecule has 38 heavy (non-hydrogen) atoms. The van der Waals surface area contributed by atoms with E-state index in [0.717, 1.165) is 6.07 Å².